The van der Waals surface area contributed by atoms with Gasteiger partial charge in [-0.2, -0.15) is 0 Å². The first-order valence-corrected chi connectivity index (χ1v) is 9.55. The molecule has 0 spiro atoms. The van der Waals surface area contributed by atoms with E-state index in [4.69, 9.17) is 0 Å². The van der Waals surface area contributed by atoms with Crippen LogP contribution in [-0.2, 0) is 9.59 Å². The van der Waals surface area contributed by atoms with Crippen LogP contribution in [0.5, 0.6) is 0 Å². The fraction of sp³-hybridized carbons (Fsp3) is 0.250. The molecule has 0 fully saturated rings. The zero-order valence-electron chi connectivity index (χ0n) is 15.5. The van der Waals surface area contributed by atoms with Crippen molar-refractivity contribution in [2.24, 2.45) is 0 Å². The first-order valence-electron chi connectivity index (χ1n) is 8.51. The first-order chi connectivity index (χ1) is 12.9. The van der Waals surface area contributed by atoms with E-state index in [9.17, 15) is 14.4 Å². The van der Waals surface area contributed by atoms with Crippen LogP contribution >= 0.6 is 11.8 Å². The molecule has 6 nitrogen and oxygen atoms in total. The molecule has 0 bridgehead atoms. The minimum atomic E-state index is -0.452. The highest BCUT2D eigenvalue weighted by Crippen LogP contribution is 2.18. The van der Waals surface area contributed by atoms with Crippen molar-refractivity contribution in [3.05, 3.63) is 59.7 Å². The molecule has 0 saturated carbocycles. The van der Waals surface area contributed by atoms with Crippen molar-refractivity contribution in [3.63, 3.8) is 0 Å². The number of benzene rings is 2. The molecular weight excluding hydrogens is 362 g/mol. The highest BCUT2D eigenvalue weighted by Gasteiger charge is 2.18. The monoisotopic (exact) mass is 385 g/mol. The molecule has 7 heteroatoms. The van der Waals surface area contributed by atoms with Crippen molar-refractivity contribution >= 4 is 40.9 Å². The van der Waals surface area contributed by atoms with Crippen LogP contribution in [0.15, 0.2) is 48.5 Å². The minimum Gasteiger partial charge on any atom is -0.355 e. The number of carbonyl (C=O) groups is 3. The third kappa shape index (κ3) is 6.14. The van der Waals surface area contributed by atoms with Gasteiger partial charge in [-0.25, -0.2) is 0 Å². The van der Waals surface area contributed by atoms with E-state index in [1.165, 1.54) is 18.8 Å². The number of aryl methyl sites for hydroxylation is 1. The largest absolute Gasteiger partial charge is 0.355 e. The lowest BCUT2D eigenvalue weighted by molar-refractivity contribution is -0.115. The Labute approximate surface area is 163 Å². The van der Waals surface area contributed by atoms with Gasteiger partial charge in [-0.05, 0) is 38.1 Å². The third-order valence-corrected chi connectivity index (χ3v) is 4.97. The molecule has 0 aliphatic carbocycles. The Morgan fingerprint density at radius 1 is 1.00 bits per heavy atom. The van der Waals surface area contributed by atoms with Gasteiger partial charge in [0.05, 0.1) is 22.3 Å². The van der Waals surface area contributed by atoms with Gasteiger partial charge in [0.25, 0.3) is 5.91 Å². The minimum absolute atomic E-state index is 0.152. The Morgan fingerprint density at radius 3 is 2.33 bits per heavy atom. The van der Waals surface area contributed by atoms with Gasteiger partial charge in [0.2, 0.25) is 11.8 Å². The Hall–Kier alpha value is -2.80. The maximum Gasteiger partial charge on any atom is 0.253 e. The standard InChI is InChI=1S/C20H23N3O3S/c1-13-8-10-15(11-9-13)22-18(24)12-27-14(2)19(25)23-17-7-5-4-6-16(17)20(26)21-3/h4-11,14H,12H2,1-3H3,(H,21,26)(H,22,24)(H,23,25). The molecule has 1 unspecified atom stereocenters. The van der Waals surface area contributed by atoms with Crippen LogP contribution in [0, 0.1) is 6.92 Å². The zero-order valence-corrected chi connectivity index (χ0v) is 16.4. The quantitative estimate of drug-likeness (QED) is 0.684. The number of nitrogens with one attached hydrogen (secondary N) is 3. The summed E-state index contributed by atoms with van der Waals surface area (Å²) >= 11 is 1.23. The number of rotatable bonds is 7. The van der Waals surface area contributed by atoms with Gasteiger partial charge in [0.1, 0.15) is 0 Å². The van der Waals surface area contributed by atoms with E-state index in [1.807, 2.05) is 31.2 Å². The number of thioether (sulfide) groups is 1. The van der Waals surface area contributed by atoms with Crippen LogP contribution in [0.2, 0.25) is 0 Å². The SMILES string of the molecule is CNC(=O)c1ccccc1NC(=O)C(C)SCC(=O)Nc1ccc(C)cc1. The Kier molecular flexibility index (Phi) is 7.43. The molecule has 3 N–H and O–H groups in total. The maximum atomic E-state index is 12.4. The second-order valence-corrected chi connectivity index (χ2v) is 7.31. The summed E-state index contributed by atoms with van der Waals surface area (Å²) in [5.74, 6) is -0.558. The number of hydrogen-bond donors (Lipinski definition) is 3. The molecule has 1 atom stereocenters. The number of hydrogen-bond acceptors (Lipinski definition) is 4. The number of amides is 3. The Bertz CT molecular complexity index is 821. The van der Waals surface area contributed by atoms with Crippen molar-refractivity contribution < 1.29 is 14.4 Å². The Balaban J connectivity index is 1.88. The van der Waals surface area contributed by atoms with Crippen molar-refractivity contribution in [3.8, 4) is 0 Å². The predicted molar refractivity (Wildman–Crippen MR) is 110 cm³/mol. The fourth-order valence-electron chi connectivity index (χ4n) is 2.27. The molecule has 0 saturated heterocycles. The van der Waals surface area contributed by atoms with Gasteiger partial charge in [0.15, 0.2) is 0 Å². The molecule has 3 amide bonds. The highest BCUT2D eigenvalue weighted by molar-refractivity contribution is 8.01. The van der Waals surface area contributed by atoms with E-state index in [0.29, 0.717) is 11.3 Å². The number of carbonyl (C=O) groups excluding carboxylic acids is 3. The van der Waals surface area contributed by atoms with Gasteiger partial charge in [-0.15, -0.1) is 11.8 Å². The smallest absolute Gasteiger partial charge is 0.253 e. The molecule has 27 heavy (non-hydrogen) atoms. The summed E-state index contributed by atoms with van der Waals surface area (Å²) in [6, 6.07) is 14.3. The van der Waals surface area contributed by atoms with E-state index >= 15 is 0 Å². The number of anilines is 2. The molecule has 2 aromatic rings. The van der Waals surface area contributed by atoms with Crippen LogP contribution in [0.1, 0.15) is 22.8 Å². The summed E-state index contributed by atoms with van der Waals surface area (Å²) in [6.07, 6.45) is 0. The lowest BCUT2D eigenvalue weighted by atomic mass is 10.1. The summed E-state index contributed by atoms with van der Waals surface area (Å²) in [5, 5.41) is 7.64. The maximum absolute atomic E-state index is 12.4. The molecular formula is C20H23N3O3S. The van der Waals surface area contributed by atoms with Crippen LogP contribution in [0.25, 0.3) is 0 Å². The van der Waals surface area contributed by atoms with Crippen molar-refractivity contribution in [1.29, 1.82) is 0 Å². The third-order valence-electron chi connectivity index (χ3n) is 3.83. The highest BCUT2D eigenvalue weighted by atomic mass is 32.2. The molecule has 2 aromatic carbocycles. The van der Waals surface area contributed by atoms with Gasteiger partial charge >= 0.3 is 0 Å². The summed E-state index contributed by atoms with van der Waals surface area (Å²) < 4.78 is 0. The second-order valence-electron chi connectivity index (χ2n) is 5.98. The number of para-hydroxylation sites is 1. The van der Waals surface area contributed by atoms with E-state index in [-0.39, 0.29) is 23.5 Å². The molecule has 0 aromatic heterocycles. The van der Waals surface area contributed by atoms with Gasteiger partial charge < -0.3 is 16.0 Å². The van der Waals surface area contributed by atoms with E-state index in [0.717, 1.165) is 11.3 Å². The molecule has 0 aliphatic heterocycles. The Morgan fingerprint density at radius 2 is 1.67 bits per heavy atom. The lowest BCUT2D eigenvalue weighted by Gasteiger charge is -2.14. The van der Waals surface area contributed by atoms with Crippen molar-refractivity contribution in [2.45, 2.75) is 19.1 Å². The molecule has 2 rings (SSSR count). The average molecular weight is 385 g/mol. The second kappa shape index (κ2) is 9.78. The average Bonchev–Trinajstić information content (AvgIpc) is 2.67. The van der Waals surface area contributed by atoms with Gasteiger partial charge in [-0.3, -0.25) is 14.4 Å². The predicted octanol–water partition coefficient (Wildman–Crippen LogP) is 3.05. The van der Waals surface area contributed by atoms with Crippen LogP contribution in [0.4, 0.5) is 11.4 Å². The summed E-state index contributed by atoms with van der Waals surface area (Å²) in [4.78, 5) is 36.3. The van der Waals surface area contributed by atoms with E-state index < -0.39 is 5.25 Å². The molecule has 0 aliphatic rings. The molecule has 142 valence electrons. The zero-order chi connectivity index (χ0) is 19.8. The summed E-state index contributed by atoms with van der Waals surface area (Å²) in [5.41, 5.74) is 2.67. The first kappa shape index (κ1) is 20.5. The van der Waals surface area contributed by atoms with E-state index in [1.54, 1.807) is 31.2 Å². The summed E-state index contributed by atoms with van der Waals surface area (Å²) in [6.45, 7) is 3.70. The van der Waals surface area contributed by atoms with Crippen molar-refractivity contribution in [1.82, 2.24) is 5.32 Å². The molecule has 0 radical (unpaired) electrons. The van der Waals surface area contributed by atoms with Gasteiger partial charge in [0, 0.05) is 12.7 Å². The van der Waals surface area contributed by atoms with Crippen LogP contribution < -0.4 is 16.0 Å². The van der Waals surface area contributed by atoms with Crippen molar-refractivity contribution in [2.75, 3.05) is 23.4 Å². The van der Waals surface area contributed by atoms with E-state index in [2.05, 4.69) is 16.0 Å². The fourth-order valence-corrected chi connectivity index (χ4v) is 2.95. The normalized spacial score (nSPS) is 11.4. The molecule has 0 heterocycles. The van der Waals surface area contributed by atoms with Crippen LogP contribution in [0.3, 0.4) is 0 Å². The van der Waals surface area contributed by atoms with Crippen LogP contribution in [-0.4, -0.2) is 35.8 Å². The summed E-state index contributed by atoms with van der Waals surface area (Å²) in [7, 11) is 1.53. The lowest BCUT2D eigenvalue weighted by Crippen LogP contribution is -2.27. The topological polar surface area (TPSA) is 87.3 Å². The van der Waals surface area contributed by atoms with Gasteiger partial charge in [-0.1, -0.05) is 29.8 Å².